The van der Waals surface area contributed by atoms with Crippen molar-refractivity contribution in [1.29, 1.82) is 0 Å². The summed E-state index contributed by atoms with van der Waals surface area (Å²) < 4.78 is 26.9. The third-order valence-electron chi connectivity index (χ3n) is 2.88. The molecule has 0 aliphatic heterocycles. The minimum atomic E-state index is -0.668. The number of fused-ring (bicyclic) bond motifs is 1. The maximum atomic E-state index is 13.4. The number of benzene rings is 2. The van der Waals surface area contributed by atoms with Crippen molar-refractivity contribution in [3.63, 3.8) is 0 Å². The lowest BCUT2D eigenvalue weighted by molar-refractivity contribution is 0.577. The van der Waals surface area contributed by atoms with Crippen LogP contribution in [0.15, 0.2) is 54.6 Å². The summed E-state index contributed by atoms with van der Waals surface area (Å²) in [5.41, 5.74) is 1.04. The molecule has 0 saturated carbocycles. The van der Waals surface area contributed by atoms with E-state index in [0.29, 0.717) is 5.69 Å². The molecule has 2 aromatic carbocycles. The third kappa shape index (κ3) is 2.36. The fourth-order valence-corrected chi connectivity index (χ4v) is 1.88. The van der Waals surface area contributed by atoms with Gasteiger partial charge in [0.1, 0.15) is 17.3 Å². The number of aromatic nitrogens is 1. The molecule has 1 heterocycles. The van der Waals surface area contributed by atoms with Crippen LogP contribution in [0.1, 0.15) is 11.3 Å². The van der Waals surface area contributed by atoms with Gasteiger partial charge >= 0.3 is 0 Å². The fourth-order valence-electron chi connectivity index (χ4n) is 1.88. The molecule has 0 atom stereocenters. The van der Waals surface area contributed by atoms with Gasteiger partial charge in [0.25, 0.3) is 0 Å². The summed E-state index contributed by atoms with van der Waals surface area (Å²) in [5, 5.41) is 0.995. The smallest absolute Gasteiger partial charge is 0.141 e. The molecule has 20 heavy (non-hydrogen) atoms. The summed E-state index contributed by atoms with van der Waals surface area (Å²) >= 11 is 0. The molecule has 3 heteroatoms. The highest BCUT2D eigenvalue weighted by Gasteiger charge is 2.04. The number of halogens is 2. The van der Waals surface area contributed by atoms with Crippen molar-refractivity contribution >= 4 is 10.9 Å². The molecule has 0 saturated heterocycles. The Kier molecular flexibility index (Phi) is 3.14. The Morgan fingerprint density at radius 3 is 2.30 bits per heavy atom. The van der Waals surface area contributed by atoms with E-state index in [2.05, 4.69) is 16.8 Å². The average molecular weight is 265 g/mol. The molecule has 96 valence electrons. The van der Waals surface area contributed by atoms with Gasteiger partial charge in [0.15, 0.2) is 0 Å². The molecule has 0 radical (unpaired) electrons. The molecule has 0 aliphatic carbocycles. The van der Waals surface area contributed by atoms with Gasteiger partial charge in [-0.1, -0.05) is 36.3 Å². The molecule has 0 unspecified atom stereocenters. The van der Waals surface area contributed by atoms with Crippen LogP contribution in [0, 0.1) is 23.5 Å². The first-order chi connectivity index (χ1) is 9.74. The summed E-state index contributed by atoms with van der Waals surface area (Å²) in [6, 6.07) is 14.9. The van der Waals surface area contributed by atoms with Crippen LogP contribution in [0.2, 0.25) is 0 Å². The molecule has 3 aromatic rings. The molecule has 0 bridgehead atoms. The summed E-state index contributed by atoms with van der Waals surface area (Å²) in [6.07, 6.45) is 0. The SMILES string of the molecule is Fc1cccc(F)c1C#Cc1ccc2ccccc2n1. The Hall–Kier alpha value is -2.73. The molecule has 0 amide bonds. The Balaban J connectivity index is 2.04. The second-order valence-electron chi connectivity index (χ2n) is 4.24. The van der Waals surface area contributed by atoms with Crippen molar-refractivity contribution in [1.82, 2.24) is 4.98 Å². The van der Waals surface area contributed by atoms with Crippen LogP contribution in [0.25, 0.3) is 10.9 Å². The Bertz CT molecular complexity index is 824. The van der Waals surface area contributed by atoms with Gasteiger partial charge in [-0.15, -0.1) is 0 Å². The summed E-state index contributed by atoms with van der Waals surface area (Å²) in [4.78, 5) is 4.33. The number of rotatable bonds is 0. The van der Waals surface area contributed by atoms with Gasteiger partial charge in [-0.2, -0.15) is 0 Å². The standard InChI is InChI=1S/C17H9F2N/c18-15-5-3-6-16(19)14(15)11-10-13-9-8-12-4-1-2-7-17(12)20-13/h1-9H. The first-order valence-corrected chi connectivity index (χ1v) is 6.06. The molecular weight excluding hydrogens is 256 g/mol. The van der Waals surface area contributed by atoms with E-state index in [1.165, 1.54) is 18.2 Å². The van der Waals surface area contributed by atoms with Crippen LogP contribution in [0.3, 0.4) is 0 Å². The molecule has 0 aliphatic rings. The Morgan fingerprint density at radius 2 is 1.50 bits per heavy atom. The highest BCUT2D eigenvalue weighted by molar-refractivity contribution is 5.78. The minimum absolute atomic E-state index is 0.234. The van der Waals surface area contributed by atoms with Gasteiger partial charge in [-0.05, 0) is 30.2 Å². The quantitative estimate of drug-likeness (QED) is 0.561. The second kappa shape index (κ2) is 5.10. The first-order valence-electron chi connectivity index (χ1n) is 6.06. The predicted octanol–water partition coefficient (Wildman–Crippen LogP) is 3.91. The van der Waals surface area contributed by atoms with Crippen molar-refractivity contribution in [2.45, 2.75) is 0 Å². The first kappa shape index (κ1) is 12.3. The number of hydrogen-bond donors (Lipinski definition) is 0. The number of nitrogens with zero attached hydrogens (tertiary/aromatic N) is 1. The third-order valence-corrected chi connectivity index (χ3v) is 2.88. The molecule has 1 aromatic heterocycles. The van der Waals surface area contributed by atoms with Crippen LogP contribution < -0.4 is 0 Å². The van der Waals surface area contributed by atoms with E-state index in [4.69, 9.17) is 0 Å². The van der Waals surface area contributed by atoms with Crippen LogP contribution in [0.5, 0.6) is 0 Å². The van der Waals surface area contributed by atoms with E-state index >= 15 is 0 Å². The zero-order valence-corrected chi connectivity index (χ0v) is 10.4. The highest BCUT2D eigenvalue weighted by atomic mass is 19.1. The normalized spacial score (nSPS) is 10.1. The fraction of sp³-hybridized carbons (Fsp3) is 0. The van der Waals surface area contributed by atoms with Gasteiger partial charge in [0.05, 0.1) is 11.1 Å². The van der Waals surface area contributed by atoms with Crippen molar-refractivity contribution < 1.29 is 8.78 Å². The molecule has 1 nitrogen and oxygen atoms in total. The van der Waals surface area contributed by atoms with Gasteiger partial charge < -0.3 is 0 Å². The molecule has 0 spiro atoms. The minimum Gasteiger partial charge on any atom is -0.239 e. The van der Waals surface area contributed by atoms with Gasteiger partial charge in [-0.3, -0.25) is 0 Å². The summed E-state index contributed by atoms with van der Waals surface area (Å²) in [6.45, 7) is 0. The van der Waals surface area contributed by atoms with Crippen molar-refractivity contribution in [2.75, 3.05) is 0 Å². The largest absolute Gasteiger partial charge is 0.239 e. The lowest BCUT2D eigenvalue weighted by Crippen LogP contribution is -1.89. The highest BCUT2D eigenvalue weighted by Crippen LogP contribution is 2.13. The Labute approximate surface area is 114 Å². The van der Waals surface area contributed by atoms with Gasteiger partial charge in [-0.25, -0.2) is 13.8 Å². The second-order valence-corrected chi connectivity index (χ2v) is 4.24. The number of hydrogen-bond acceptors (Lipinski definition) is 1. The maximum Gasteiger partial charge on any atom is 0.141 e. The summed E-state index contributed by atoms with van der Waals surface area (Å²) in [5.74, 6) is 3.86. The lowest BCUT2D eigenvalue weighted by Gasteiger charge is -1.97. The van der Waals surface area contributed by atoms with Gasteiger partial charge in [0.2, 0.25) is 0 Å². The molecule has 0 fully saturated rings. The topological polar surface area (TPSA) is 12.9 Å². The Morgan fingerprint density at radius 1 is 0.750 bits per heavy atom. The van der Waals surface area contributed by atoms with Crippen LogP contribution in [-0.4, -0.2) is 4.98 Å². The van der Waals surface area contributed by atoms with Crippen molar-refractivity contribution in [3.05, 3.63) is 77.5 Å². The average Bonchev–Trinajstić information content (AvgIpc) is 2.46. The maximum absolute atomic E-state index is 13.4. The van der Waals surface area contributed by atoms with Crippen molar-refractivity contribution in [2.24, 2.45) is 0 Å². The molecule has 3 rings (SSSR count). The van der Waals surface area contributed by atoms with Crippen LogP contribution in [0.4, 0.5) is 8.78 Å². The van der Waals surface area contributed by atoms with E-state index in [1.54, 1.807) is 6.07 Å². The zero-order valence-electron chi connectivity index (χ0n) is 10.4. The van der Waals surface area contributed by atoms with Gasteiger partial charge in [0, 0.05) is 5.39 Å². The lowest BCUT2D eigenvalue weighted by atomic mass is 10.2. The van der Waals surface area contributed by atoms with Crippen LogP contribution in [-0.2, 0) is 0 Å². The van der Waals surface area contributed by atoms with E-state index < -0.39 is 11.6 Å². The van der Waals surface area contributed by atoms with E-state index in [0.717, 1.165) is 10.9 Å². The van der Waals surface area contributed by atoms with E-state index in [1.807, 2.05) is 30.3 Å². The molecular formula is C17H9F2N. The van der Waals surface area contributed by atoms with Crippen LogP contribution >= 0.6 is 0 Å². The monoisotopic (exact) mass is 265 g/mol. The number of pyridine rings is 1. The molecule has 0 N–H and O–H groups in total. The summed E-state index contributed by atoms with van der Waals surface area (Å²) in [7, 11) is 0. The van der Waals surface area contributed by atoms with E-state index in [-0.39, 0.29) is 5.56 Å². The number of para-hydroxylation sites is 1. The zero-order chi connectivity index (χ0) is 13.9. The van der Waals surface area contributed by atoms with Crippen molar-refractivity contribution in [3.8, 4) is 11.8 Å². The predicted molar refractivity (Wildman–Crippen MR) is 74.1 cm³/mol. The van der Waals surface area contributed by atoms with E-state index in [9.17, 15) is 8.78 Å².